The summed E-state index contributed by atoms with van der Waals surface area (Å²) in [4.78, 5) is 25.8. The SMILES string of the molecule is CC(C)(C)OC(=O)N1CCC(C(=O)c2c(F)ccc(Br)c2F)C1. The van der Waals surface area contributed by atoms with Gasteiger partial charge in [-0.3, -0.25) is 4.79 Å². The summed E-state index contributed by atoms with van der Waals surface area (Å²) in [6.45, 7) is 5.66. The second-order valence-corrected chi connectivity index (χ2v) is 7.35. The number of halogens is 3. The van der Waals surface area contributed by atoms with Gasteiger partial charge in [0, 0.05) is 19.0 Å². The van der Waals surface area contributed by atoms with Gasteiger partial charge in [0.2, 0.25) is 0 Å². The molecule has 1 unspecified atom stereocenters. The summed E-state index contributed by atoms with van der Waals surface area (Å²) in [5, 5.41) is 0. The Bertz CT molecular complexity index is 643. The van der Waals surface area contributed by atoms with E-state index < -0.39 is 40.6 Å². The van der Waals surface area contributed by atoms with Gasteiger partial charge in [-0.2, -0.15) is 0 Å². The average Bonchev–Trinajstić information content (AvgIpc) is 2.91. The van der Waals surface area contributed by atoms with Crippen LogP contribution in [0.3, 0.4) is 0 Å². The highest BCUT2D eigenvalue weighted by Crippen LogP contribution is 2.28. The Labute approximate surface area is 141 Å². The van der Waals surface area contributed by atoms with Crippen molar-refractivity contribution in [3.63, 3.8) is 0 Å². The van der Waals surface area contributed by atoms with Gasteiger partial charge in [0.1, 0.15) is 11.4 Å². The number of ether oxygens (including phenoxy) is 1. The van der Waals surface area contributed by atoms with Crippen molar-refractivity contribution in [2.45, 2.75) is 32.8 Å². The van der Waals surface area contributed by atoms with Crippen LogP contribution in [0.5, 0.6) is 0 Å². The molecule has 1 amide bonds. The Hall–Kier alpha value is -1.50. The number of hydrogen-bond acceptors (Lipinski definition) is 3. The van der Waals surface area contributed by atoms with Crippen molar-refractivity contribution in [1.82, 2.24) is 4.90 Å². The molecule has 1 aliphatic rings. The molecule has 1 atom stereocenters. The van der Waals surface area contributed by atoms with Gasteiger partial charge in [0.25, 0.3) is 0 Å². The summed E-state index contributed by atoms with van der Waals surface area (Å²) in [7, 11) is 0. The van der Waals surface area contributed by atoms with Gasteiger partial charge in [-0.25, -0.2) is 13.6 Å². The van der Waals surface area contributed by atoms with Crippen LogP contribution in [-0.4, -0.2) is 35.5 Å². The molecule has 1 aromatic carbocycles. The summed E-state index contributed by atoms with van der Waals surface area (Å²) < 4.78 is 33.1. The minimum atomic E-state index is -0.911. The second kappa shape index (κ2) is 6.55. The minimum absolute atomic E-state index is 0.0317. The van der Waals surface area contributed by atoms with E-state index in [0.717, 1.165) is 6.07 Å². The molecule has 7 heteroatoms. The van der Waals surface area contributed by atoms with Crippen LogP contribution in [0.1, 0.15) is 37.6 Å². The lowest BCUT2D eigenvalue weighted by atomic mass is 9.96. The number of ketones is 1. The van der Waals surface area contributed by atoms with Crippen molar-refractivity contribution in [3.05, 3.63) is 33.8 Å². The van der Waals surface area contributed by atoms with Crippen LogP contribution < -0.4 is 0 Å². The largest absolute Gasteiger partial charge is 0.444 e. The monoisotopic (exact) mass is 389 g/mol. The smallest absolute Gasteiger partial charge is 0.410 e. The molecule has 0 radical (unpaired) electrons. The van der Waals surface area contributed by atoms with Crippen LogP contribution in [-0.2, 0) is 4.74 Å². The van der Waals surface area contributed by atoms with E-state index in [4.69, 9.17) is 4.74 Å². The lowest BCUT2D eigenvalue weighted by Gasteiger charge is -2.24. The van der Waals surface area contributed by atoms with Crippen molar-refractivity contribution in [2.24, 2.45) is 5.92 Å². The Morgan fingerprint density at radius 2 is 1.96 bits per heavy atom. The molecular weight excluding hydrogens is 372 g/mol. The molecule has 23 heavy (non-hydrogen) atoms. The minimum Gasteiger partial charge on any atom is -0.444 e. The first-order valence-corrected chi connectivity index (χ1v) is 8.05. The van der Waals surface area contributed by atoms with E-state index in [2.05, 4.69) is 15.9 Å². The van der Waals surface area contributed by atoms with E-state index in [1.165, 1.54) is 11.0 Å². The Kier molecular flexibility index (Phi) is 5.08. The first-order chi connectivity index (χ1) is 10.6. The molecule has 126 valence electrons. The molecule has 0 saturated carbocycles. The molecule has 1 fully saturated rings. The fourth-order valence-electron chi connectivity index (χ4n) is 2.42. The van der Waals surface area contributed by atoms with E-state index in [0.29, 0.717) is 13.0 Å². The Morgan fingerprint density at radius 3 is 2.57 bits per heavy atom. The van der Waals surface area contributed by atoms with Gasteiger partial charge < -0.3 is 9.64 Å². The maximum absolute atomic E-state index is 14.0. The number of Topliss-reactive ketones (excluding diaryl/α,β-unsaturated/α-hetero) is 1. The molecule has 4 nitrogen and oxygen atoms in total. The first kappa shape index (κ1) is 17.8. The predicted molar refractivity (Wildman–Crippen MR) is 84.3 cm³/mol. The molecular formula is C16H18BrF2NO3. The number of carbonyl (C=O) groups excluding carboxylic acids is 2. The molecule has 1 heterocycles. The van der Waals surface area contributed by atoms with Gasteiger partial charge in [-0.15, -0.1) is 0 Å². The van der Waals surface area contributed by atoms with Crippen LogP contribution in [0.25, 0.3) is 0 Å². The summed E-state index contributed by atoms with van der Waals surface area (Å²) in [5.41, 5.74) is -1.20. The number of hydrogen-bond donors (Lipinski definition) is 0. The van der Waals surface area contributed by atoms with Crippen molar-refractivity contribution in [2.75, 3.05) is 13.1 Å². The third kappa shape index (κ3) is 4.07. The van der Waals surface area contributed by atoms with E-state index in [1.807, 2.05) is 0 Å². The highest BCUT2D eigenvalue weighted by atomic mass is 79.9. The fourth-order valence-corrected chi connectivity index (χ4v) is 2.75. The number of amides is 1. The standard InChI is InChI=1S/C16H18BrF2NO3/c1-16(2,3)23-15(22)20-7-6-9(8-20)14(21)12-11(18)5-4-10(17)13(12)19/h4-5,9H,6-8H2,1-3H3. The maximum atomic E-state index is 14.0. The lowest BCUT2D eigenvalue weighted by molar-refractivity contribution is 0.0289. The molecule has 1 aromatic rings. The van der Waals surface area contributed by atoms with Gasteiger partial charge in [-0.05, 0) is 55.3 Å². The van der Waals surface area contributed by atoms with E-state index in [9.17, 15) is 18.4 Å². The maximum Gasteiger partial charge on any atom is 0.410 e. The topological polar surface area (TPSA) is 46.6 Å². The van der Waals surface area contributed by atoms with Gasteiger partial charge in [-0.1, -0.05) is 0 Å². The molecule has 0 spiro atoms. The zero-order chi connectivity index (χ0) is 17.4. The van der Waals surface area contributed by atoms with Crippen LogP contribution >= 0.6 is 15.9 Å². The second-order valence-electron chi connectivity index (χ2n) is 6.49. The summed E-state index contributed by atoms with van der Waals surface area (Å²) in [6, 6.07) is 2.25. The van der Waals surface area contributed by atoms with Gasteiger partial charge >= 0.3 is 6.09 Å². The normalized spacial score (nSPS) is 18.2. The highest BCUT2D eigenvalue weighted by Gasteiger charge is 2.36. The molecule has 0 bridgehead atoms. The third-order valence-electron chi connectivity index (χ3n) is 3.50. The quantitative estimate of drug-likeness (QED) is 0.563. The molecule has 0 N–H and O–H groups in total. The Morgan fingerprint density at radius 1 is 1.30 bits per heavy atom. The number of benzene rings is 1. The zero-order valence-electron chi connectivity index (χ0n) is 13.2. The number of nitrogens with zero attached hydrogens (tertiary/aromatic N) is 1. The predicted octanol–water partition coefficient (Wildman–Crippen LogP) is 4.17. The number of likely N-dealkylation sites (tertiary alicyclic amines) is 1. The molecule has 1 saturated heterocycles. The van der Waals surface area contributed by atoms with Crippen LogP contribution in [0.15, 0.2) is 16.6 Å². The first-order valence-electron chi connectivity index (χ1n) is 7.26. The van der Waals surface area contributed by atoms with Crippen LogP contribution in [0.2, 0.25) is 0 Å². The van der Waals surface area contributed by atoms with Gasteiger partial charge in [0.15, 0.2) is 11.6 Å². The van der Waals surface area contributed by atoms with E-state index in [1.54, 1.807) is 20.8 Å². The summed E-state index contributed by atoms with van der Waals surface area (Å²) in [5.74, 6) is -3.08. The molecule has 2 rings (SSSR count). The number of carbonyl (C=O) groups is 2. The highest BCUT2D eigenvalue weighted by molar-refractivity contribution is 9.10. The van der Waals surface area contributed by atoms with Crippen LogP contribution in [0.4, 0.5) is 13.6 Å². The van der Waals surface area contributed by atoms with Crippen molar-refractivity contribution < 1.29 is 23.1 Å². The van der Waals surface area contributed by atoms with Crippen LogP contribution in [0, 0.1) is 17.6 Å². The van der Waals surface area contributed by atoms with E-state index >= 15 is 0 Å². The van der Waals surface area contributed by atoms with E-state index in [-0.39, 0.29) is 11.0 Å². The molecule has 1 aliphatic heterocycles. The van der Waals surface area contributed by atoms with Crippen molar-refractivity contribution in [3.8, 4) is 0 Å². The summed E-state index contributed by atoms with van der Waals surface area (Å²) >= 11 is 2.95. The fraction of sp³-hybridized carbons (Fsp3) is 0.500. The van der Waals surface area contributed by atoms with Crippen molar-refractivity contribution >= 4 is 27.8 Å². The third-order valence-corrected chi connectivity index (χ3v) is 4.11. The Balaban J connectivity index is 2.12. The average molecular weight is 390 g/mol. The van der Waals surface area contributed by atoms with Gasteiger partial charge in [0.05, 0.1) is 10.0 Å². The molecule has 0 aliphatic carbocycles. The number of rotatable bonds is 2. The van der Waals surface area contributed by atoms with Crippen molar-refractivity contribution in [1.29, 1.82) is 0 Å². The summed E-state index contributed by atoms with van der Waals surface area (Å²) in [6.07, 6.45) is -0.174. The molecule has 0 aromatic heterocycles. The zero-order valence-corrected chi connectivity index (χ0v) is 14.7. The lowest BCUT2D eigenvalue weighted by Crippen LogP contribution is -2.36.